The Balaban J connectivity index is 1.50. The maximum Gasteiger partial charge on any atom is 0.263 e. The highest BCUT2D eigenvalue weighted by Gasteiger charge is 2.55. The molecule has 2 atom stereocenters. The van der Waals surface area contributed by atoms with Gasteiger partial charge in [0.2, 0.25) is 0 Å². The van der Waals surface area contributed by atoms with Crippen molar-refractivity contribution in [2.45, 2.75) is 38.3 Å². The minimum Gasteiger partial charge on any atom is -0.271 e. The Labute approximate surface area is 151 Å². The fraction of sp³-hybridized carbons (Fsp3) is 0.300. The summed E-state index contributed by atoms with van der Waals surface area (Å²) in [6.45, 7) is 2.00. The highest BCUT2D eigenvalue weighted by molar-refractivity contribution is 6.26. The van der Waals surface area contributed by atoms with E-state index in [0.717, 1.165) is 30.5 Å². The Morgan fingerprint density at radius 1 is 0.923 bits per heavy atom. The lowest BCUT2D eigenvalue weighted by Crippen LogP contribution is -2.39. The monoisotopic (exact) mass is 346 g/mol. The zero-order valence-corrected chi connectivity index (χ0v) is 14.4. The summed E-state index contributed by atoms with van der Waals surface area (Å²) in [6, 6.07) is 12.1. The van der Waals surface area contributed by atoms with Gasteiger partial charge in [0, 0.05) is 0 Å². The largest absolute Gasteiger partial charge is 0.271 e. The number of hydrogen-bond donors (Lipinski definition) is 0. The van der Waals surface area contributed by atoms with E-state index >= 15 is 0 Å². The lowest BCUT2D eigenvalue weighted by atomic mass is 10.1. The third-order valence-electron chi connectivity index (χ3n) is 5.42. The van der Waals surface area contributed by atoms with Gasteiger partial charge in [0.25, 0.3) is 11.8 Å². The summed E-state index contributed by atoms with van der Waals surface area (Å²) in [7, 11) is 0. The van der Waals surface area contributed by atoms with Crippen LogP contribution in [-0.4, -0.2) is 23.9 Å². The smallest absolute Gasteiger partial charge is 0.263 e. The Kier molecular flexibility index (Phi) is 3.22. The number of amides is 2. The van der Waals surface area contributed by atoms with Crippen molar-refractivity contribution in [3.8, 4) is 0 Å². The van der Waals surface area contributed by atoms with Crippen molar-refractivity contribution in [3.05, 3.63) is 59.2 Å². The van der Waals surface area contributed by atoms with Gasteiger partial charge in [-0.25, -0.2) is 9.91 Å². The van der Waals surface area contributed by atoms with Crippen LogP contribution in [0.3, 0.4) is 0 Å². The van der Waals surface area contributed by atoms with Crippen molar-refractivity contribution in [1.82, 2.24) is 0 Å². The number of hydrogen-bond acceptors (Lipinski definition) is 5. The molecule has 2 aromatic rings. The normalized spacial score (nSPS) is 23.7. The van der Waals surface area contributed by atoms with Gasteiger partial charge < -0.3 is 0 Å². The number of nitrogens with zero attached hydrogens (tertiary/aromatic N) is 4. The molecule has 0 aromatic heterocycles. The molecule has 0 spiro atoms. The van der Waals surface area contributed by atoms with Crippen molar-refractivity contribution in [1.29, 1.82) is 0 Å². The molecule has 0 radical (unpaired) electrons. The minimum absolute atomic E-state index is 0.261. The van der Waals surface area contributed by atoms with Gasteiger partial charge >= 0.3 is 0 Å². The molecule has 5 rings (SSSR count). The van der Waals surface area contributed by atoms with Crippen molar-refractivity contribution < 1.29 is 9.59 Å². The number of carbonyl (C=O) groups is 2. The maximum atomic E-state index is 13.1. The molecule has 6 nitrogen and oxygen atoms in total. The van der Waals surface area contributed by atoms with Crippen LogP contribution in [-0.2, 0) is 22.4 Å². The molecule has 0 unspecified atom stereocenters. The molecule has 0 bridgehead atoms. The van der Waals surface area contributed by atoms with Crippen molar-refractivity contribution in [2.24, 2.45) is 10.3 Å². The van der Waals surface area contributed by atoms with Crippen molar-refractivity contribution >= 4 is 23.2 Å². The number of imide groups is 1. The highest BCUT2D eigenvalue weighted by Crippen LogP contribution is 2.36. The molecule has 1 aliphatic carbocycles. The number of rotatable bonds is 2. The first-order valence-corrected chi connectivity index (χ1v) is 8.90. The maximum absolute atomic E-state index is 13.1. The highest BCUT2D eigenvalue weighted by atomic mass is 16.2. The molecule has 3 aliphatic rings. The summed E-state index contributed by atoms with van der Waals surface area (Å²) in [5.41, 5.74) is 5.08. The molecule has 2 aliphatic heterocycles. The average Bonchev–Trinajstić information content (AvgIpc) is 3.33. The third-order valence-corrected chi connectivity index (χ3v) is 5.42. The Bertz CT molecular complexity index is 951. The van der Waals surface area contributed by atoms with E-state index in [-0.39, 0.29) is 11.8 Å². The lowest BCUT2D eigenvalue weighted by molar-refractivity contribution is -0.121. The zero-order valence-electron chi connectivity index (χ0n) is 14.4. The number of carbonyl (C=O) groups excluding carboxylic acids is 2. The molecule has 26 heavy (non-hydrogen) atoms. The predicted octanol–water partition coefficient (Wildman–Crippen LogP) is 2.98. The van der Waals surface area contributed by atoms with Crippen LogP contribution in [0.15, 0.2) is 52.8 Å². The summed E-state index contributed by atoms with van der Waals surface area (Å²) in [5, 5.41) is 9.76. The van der Waals surface area contributed by atoms with E-state index in [1.54, 1.807) is 5.01 Å². The molecule has 2 amide bonds. The van der Waals surface area contributed by atoms with E-state index in [2.05, 4.69) is 10.3 Å². The number of aryl methyl sites for hydroxylation is 3. The molecule has 0 saturated carbocycles. The van der Waals surface area contributed by atoms with Gasteiger partial charge in [0.05, 0.1) is 11.4 Å². The molecule has 2 aromatic carbocycles. The van der Waals surface area contributed by atoms with Crippen LogP contribution in [0.25, 0.3) is 0 Å². The van der Waals surface area contributed by atoms with Crippen LogP contribution in [0.1, 0.15) is 23.1 Å². The first-order chi connectivity index (χ1) is 12.6. The van der Waals surface area contributed by atoms with Gasteiger partial charge in [0.1, 0.15) is 0 Å². The van der Waals surface area contributed by atoms with Crippen molar-refractivity contribution in [2.75, 3.05) is 9.91 Å². The number of benzene rings is 2. The fourth-order valence-electron chi connectivity index (χ4n) is 4.02. The summed E-state index contributed by atoms with van der Waals surface area (Å²) in [6.07, 6.45) is 3.20. The Morgan fingerprint density at radius 2 is 1.65 bits per heavy atom. The standard InChI is InChI=1S/C20H18N4O2/c1-12-5-8-15(9-6-12)24-18-17(21-22-24)19(25)23(20(18)26)16-10-7-13-3-2-4-14(13)11-16/h5-11,17-18H,2-4H2,1H3/t17-,18-/m1/s1. The predicted molar refractivity (Wildman–Crippen MR) is 97.1 cm³/mol. The fourth-order valence-corrected chi connectivity index (χ4v) is 4.02. The van der Waals surface area contributed by atoms with Gasteiger partial charge in [-0.2, -0.15) is 5.11 Å². The molecule has 1 fully saturated rings. The molecule has 6 heteroatoms. The van der Waals surface area contributed by atoms with Crippen LogP contribution >= 0.6 is 0 Å². The average molecular weight is 346 g/mol. The summed E-state index contributed by atoms with van der Waals surface area (Å²) in [4.78, 5) is 27.2. The van der Waals surface area contributed by atoms with E-state index in [1.165, 1.54) is 16.0 Å². The SMILES string of the molecule is Cc1ccc(N2N=N[C@H]3C(=O)N(c4ccc5c(c4)CCC5)C(=O)[C@@H]32)cc1. The summed E-state index contributed by atoms with van der Waals surface area (Å²) < 4.78 is 0. The number of fused-ring (bicyclic) bond motifs is 2. The van der Waals surface area contributed by atoms with Crippen LogP contribution in [0, 0.1) is 6.92 Å². The van der Waals surface area contributed by atoms with E-state index in [9.17, 15) is 9.59 Å². The van der Waals surface area contributed by atoms with E-state index < -0.39 is 12.1 Å². The molecule has 1 saturated heterocycles. The molecule has 130 valence electrons. The molecular weight excluding hydrogens is 328 g/mol. The lowest BCUT2D eigenvalue weighted by Gasteiger charge is -2.21. The van der Waals surface area contributed by atoms with Crippen LogP contribution in [0.2, 0.25) is 0 Å². The second-order valence-electron chi connectivity index (χ2n) is 7.09. The second kappa shape index (κ2) is 5.49. The van der Waals surface area contributed by atoms with E-state index in [0.29, 0.717) is 5.69 Å². The van der Waals surface area contributed by atoms with Crippen LogP contribution in [0.5, 0.6) is 0 Å². The topological polar surface area (TPSA) is 65.3 Å². The van der Waals surface area contributed by atoms with Crippen LogP contribution < -0.4 is 9.91 Å². The first-order valence-electron chi connectivity index (χ1n) is 8.90. The zero-order chi connectivity index (χ0) is 17.8. The summed E-state index contributed by atoms with van der Waals surface area (Å²) >= 11 is 0. The van der Waals surface area contributed by atoms with Crippen LogP contribution in [0.4, 0.5) is 11.4 Å². The first kappa shape index (κ1) is 15.3. The number of anilines is 2. The summed E-state index contributed by atoms with van der Waals surface area (Å²) in [5.74, 6) is -0.556. The Morgan fingerprint density at radius 3 is 2.46 bits per heavy atom. The third kappa shape index (κ3) is 2.11. The molecule has 0 N–H and O–H groups in total. The van der Waals surface area contributed by atoms with Gasteiger partial charge in [-0.05, 0) is 61.6 Å². The quantitative estimate of drug-likeness (QED) is 0.785. The van der Waals surface area contributed by atoms with Gasteiger partial charge in [-0.15, -0.1) is 0 Å². The van der Waals surface area contributed by atoms with Gasteiger partial charge in [-0.3, -0.25) is 9.59 Å². The minimum atomic E-state index is -0.767. The molecular formula is C20H18N4O2. The van der Waals surface area contributed by atoms with E-state index in [1.807, 2.05) is 49.4 Å². The van der Waals surface area contributed by atoms with Crippen molar-refractivity contribution in [3.63, 3.8) is 0 Å². The molecule has 2 heterocycles. The van der Waals surface area contributed by atoms with Gasteiger partial charge in [0.15, 0.2) is 12.1 Å². The van der Waals surface area contributed by atoms with E-state index in [4.69, 9.17) is 0 Å². The second-order valence-corrected chi connectivity index (χ2v) is 7.09. The van der Waals surface area contributed by atoms with Gasteiger partial charge in [-0.1, -0.05) is 29.0 Å². The Hall–Kier alpha value is -3.02.